The predicted molar refractivity (Wildman–Crippen MR) is 483 cm³/mol. The maximum absolute atomic E-state index is 4.94. The first-order valence-electron chi connectivity index (χ1n) is 42.0. The number of benzene rings is 8. The first-order valence-corrected chi connectivity index (χ1v) is 42.0. The Kier molecular flexibility index (Phi) is 41.0. The molecule has 110 heavy (non-hydrogen) atoms. The van der Waals surface area contributed by atoms with Crippen LogP contribution >= 0.6 is 0 Å². The summed E-state index contributed by atoms with van der Waals surface area (Å²) in [7, 11) is 18.7. The van der Waals surface area contributed by atoms with E-state index in [1.54, 1.807) is 39.2 Å². The van der Waals surface area contributed by atoms with E-state index in [9.17, 15) is 0 Å². The normalized spacial score (nSPS) is 20.7. The molecule has 0 aromatic heterocycles. The van der Waals surface area contributed by atoms with E-state index in [-0.39, 0.29) is 49.0 Å². The van der Waals surface area contributed by atoms with Crippen molar-refractivity contribution in [1.29, 1.82) is 0 Å². The molecule has 14 heteroatoms. The van der Waals surface area contributed by atoms with Gasteiger partial charge in [-0.3, -0.25) is 0 Å². The Hall–Kier alpha value is -4.98. The number of ether oxygens (including phenoxy) is 2. The summed E-state index contributed by atoms with van der Waals surface area (Å²) in [5.74, 6) is 0. The van der Waals surface area contributed by atoms with Crippen molar-refractivity contribution in [3.63, 3.8) is 0 Å². The van der Waals surface area contributed by atoms with Gasteiger partial charge in [0.1, 0.15) is 117 Å². The molecule has 0 amide bonds. The average molecular weight is 1520 g/mol. The van der Waals surface area contributed by atoms with E-state index in [2.05, 4.69) is 313 Å². The van der Waals surface area contributed by atoms with Gasteiger partial charge in [0.25, 0.3) is 0 Å². The summed E-state index contributed by atoms with van der Waals surface area (Å²) in [6, 6.07) is 57.0. The van der Waals surface area contributed by atoms with Gasteiger partial charge in [-0.15, -0.1) is 0 Å². The Labute approximate surface area is 706 Å². The molecule has 0 atom stereocenters. The Morgan fingerprint density at radius 3 is 0.345 bits per heavy atom. The molecule has 0 spiro atoms. The molecule has 0 unspecified atom stereocenters. The summed E-state index contributed by atoms with van der Waals surface area (Å²) in [4.78, 5) is 13.6. The fourth-order valence-electron chi connectivity index (χ4n) is 17.8. The van der Waals surface area contributed by atoms with E-state index < -0.39 is 12.3 Å². The zero-order valence-electron chi connectivity index (χ0n) is 76.2. The second-order valence-corrected chi connectivity index (χ2v) is 35.4. The second kappa shape index (κ2) is 47.1. The van der Waals surface area contributed by atoms with Gasteiger partial charge in [0.15, 0.2) is 0 Å². The summed E-state index contributed by atoms with van der Waals surface area (Å²) in [6.07, 6.45) is 2.37. The largest absolute Gasteiger partial charge is 2.00 e. The zero-order valence-corrected chi connectivity index (χ0v) is 77.0. The Bertz CT molecular complexity index is 3140. The van der Waals surface area contributed by atoms with Crippen LogP contribution in [0.15, 0.2) is 146 Å². The molecule has 4 aliphatic rings. The quantitative estimate of drug-likeness (QED) is 0.105. The van der Waals surface area contributed by atoms with Gasteiger partial charge in [-0.25, -0.2) is 0 Å². The van der Waals surface area contributed by atoms with Crippen molar-refractivity contribution >= 4 is 102 Å². The molecule has 592 valence electrons. The number of hydrogen-bond acceptors (Lipinski definition) is 2. The molecule has 4 heterocycles. The fraction of sp³-hybridized carbons (Fsp3) is 0.500. The van der Waals surface area contributed by atoms with Crippen molar-refractivity contribution in [3.05, 3.63) is 235 Å². The third-order valence-electron chi connectivity index (χ3n) is 23.4. The van der Waals surface area contributed by atoms with Gasteiger partial charge in [0.2, 0.25) is 0 Å². The van der Waals surface area contributed by atoms with Crippen LogP contribution in [-0.4, -0.2) is 246 Å². The van der Waals surface area contributed by atoms with Crippen LogP contribution in [0.2, 0.25) is 0 Å². The number of aryl methyl sites for hydroxylation is 16. The zero-order chi connectivity index (χ0) is 78.8. The van der Waals surface area contributed by atoms with Crippen LogP contribution in [0.25, 0.3) is 0 Å². The van der Waals surface area contributed by atoms with Gasteiger partial charge in [0, 0.05) is 26.4 Å². The van der Waals surface area contributed by atoms with Crippen LogP contribution in [0, 0.1) is 111 Å². The molecular weight excluding hydrogens is 1370 g/mol. The molecule has 4 aliphatic heterocycles. The molecule has 8 aromatic rings. The number of likely N-dealkylation sites (N-methyl/N-ethyl adjacent to an activating group) is 8. The van der Waals surface area contributed by atoms with E-state index in [1.165, 1.54) is 263 Å². The summed E-state index contributed by atoms with van der Waals surface area (Å²) in [5, 5.41) is 0. The van der Waals surface area contributed by atoms with Gasteiger partial charge in [-0.2, -0.15) is 43.7 Å². The van der Waals surface area contributed by atoms with Crippen molar-refractivity contribution in [1.82, 2.24) is 0 Å². The average Bonchev–Trinajstić information content (AvgIpc) is 0.771. The minimum Gasteiger partial charge on any atom is -1.00 e. The molecular formula is C96H154B2Mg2N8O2+8. The molecule has 10 nitrogen and oxygen atoms in total. The molecule has 8 aromatic carbocycles. The first-order chi connectivity index (χ1) is 51.3. The van der Waals surface area contributed by atoms with Gasteiger partial charge in [-0.05, 0) is 136 Å². The predicted octanol–water partition coefficient (Wildman–Crippen LogP) is 0.237. The van der Waals surface area contributed by atoms with Crippen molar-refractivity contribution in [3.8, 4) is 0 Å². The maximum Gasteiger partial charge on any atom is 2.00 e. The SMILES string of the molecule is C1CCOC1.C1CCOC1.C[NH+]1CC[NH+](C)CC[NH+](C)CC[NH+](C)CC1.C[NH+]1CC[NH+](C)CC[NH+](C)CC[NH+](C)CC1.Cc1cc(C)cc([B-](c2cc(C)cc(C)c2)(c2cc(C)cc(C)c2)c2cc(C)cc(C)c2)c1.Cc1cc(C)cc([B-](c2cc(C)cc(C)c2)(c2cc(C)cc(C)c2)c2cc(C)cc(C)c2)c1.[H-].[H-].[Mg+2].[Mg+2]. The fourth-order valence-corrected chi connectivity index (χ4v) is 17.8. The molecule has 0 radical (unpaired) electrons. The number of nitrogens with one attached hydrogen (secondary N) is 8. The number of hydrogen-bond donors (Lipinski definition) is 8. The van der Waals surface area contributed by atoms with Gasteiger partial charge in [0.05, 0.1) is 56.4 Å². The molecule has 4 fully saturated rings. The second-order valence-electron chi connectivity index (χ2n) is 35.4. The summed E-state index contributed by atoms with van der Waals surface area (Å²) < 4.78 is 9.89. The van der Waals surface area contributed by atoms with Gasteiger partial charge >= 0.3 is 46.1 Å². The van der Waals surface area contributed by atoms with Gasteiger partial charge < -0.3 is 51.5 Å². The van der Waals surface area contributed by atoms with Crippen molar-refractivity contribution in [2.75, 3.05) is 188 Å². The number of quaternary nitrogens is 8. The third-order valence-corrected chi connectivity index (χ3v) is 23.4. The summed E-state index contributed by atoms with van der Waals surface area (Å²) >= 11 is 0. The third kappa shape index (κ3) is 30.0. The topological polar surface area (TPSA) is 54.0 Å². The van der Waals surface area contributed by atoms with E-state index in [1.807, 2.05) is 0 Å². The first kappa shape index (κ1) is 95.6. The van der Waals surface area contributed by atoms with Crippen LogP contribution in [0.5, 0.6) is 0 Å². The van der Waals surface area contributed by atoms with Crippen LogP contribution < -0.4 is 82.9 Å². The summed E-state index contributed by atoms with van der Waals surface area (Å²) in [6.45, 7) is 60.7. The Balaban J connectivity index is 0.000000381. The summed E-state index contributed by atoms with van der Waals surface area (Å²) in [5.41, 5.74) is 32.2. The minimum absolute atomic E-state index is 0. The molecule has 0 saturated carbocycles. The van der Waals surface area contributed by atoms with Crippen molar-refractivity contribution in [2.24, 2.45) is 0 Å². The molecule has 0 bridgehead atoms. The maximum atomic E-state index is 4.94. The minimum atomic E-state index is -1.37. The van der Waals surface area contributed by atoms with Crippen LogP contribution in [-0.2, 0) is 9.47 Å². The molecule has 0 aliphatic carbocycles. The van der Waals surface area contributed by atoms with Crippen LogP contribution in [0.3, 0.4) is 0 Å². The molecule has 4 saturated heterocycles. The van der Waals surface area contributed by atoms with E-state index in [4.69, 9.17) is 9.47 Å². The number of rotatable bonds is 8. The Morgan fingerprint density at radius 1 is 0.182 bits per heavy atom. The van der Waals surface area contributed by atoms with Crippen LogP contribution in [0.1, 0.15) is 118 Å². The smallest absolute Gasteiger partial charge is 1.00 e. The molecule has 8 N–H and O–H groups in total. The van der Waals surface area contributed by atoms with E-state index >= 15 is 0 Å². The van der Waals surface area contributed by atoms with Crippen molar-refractivity contribution < 1.29 is 51.5 Å². The van der Waals surface area contributed by atoms with Gasteiger partial charge in [-0.1, -0.05) is 235 Å². The van der Waals surface area contributed by atoms with E-state index in [0.29, 0.717) is 0 Å². The monoisotopic (exact) mass is 1520 g/mol. The van der Waals surface area contributed by atoms with E-state index in [0.717, 1.165) is 26.4 Å². The van der Waals surface area contributed by atoms with Crippen LogP contribution in [0.4, 0.5) is 0 Å². The van der Waals surface area contributed by atoms with Crippen molar-refractivity contribution in [2.45, 2.75) is 136 Å². The Morgan fingerprint density at radius 2 is 0.273 bits per heavy atom. The standard InChI is InChI=1S/2C32H36B.2C12H28N4.2C4H8O.2Mg.2H/c2*1-21-9-22(2)14-29(13-21)33(30-15-23(3)10-24(4)16-30,31-17-25(5)11-26(6)18-31)32-19-27(7)12-28(8)20-32;2*1-13-5-7-14(2)9-11-16(4)12-10-15(3)8-6-13;2*1-2-4-5-3-1;;;;/h2*9-20H,1-8H3;2*5-12H2,1-4H3;2*1-4H2;;;;/q2*-1;;;;;2*+2;2*-1/p+8. The molecule has 12 rings (SSSR count).